The van der Waals surface area contributed by atoms with Gasteiger partial charge in [-0.05, 0) is 30.4 Å². The number of carbonyl (C=O) groups is 1. The molecule has 0 saturated carbocycles. The first kappa shape index (κ1) is 14.9. The summed E-state index contributed by atoms with van der Waals surface area (Å²) in [5, 5.41) is 2.47. The maximum atomic E-state index is 10.7. The van der Waals surface area contributed by atoms with E-state index in [1.807, 2.05) is 0 Å². The molecule has 0 aliphatic heterocycles. The molecular formula is C10H8Cl3N3OS2. The van der Waals surface area contributed by atoms with Crippen LogP contribution >= 0.6 is 58.4 Å². The second-order valence-corrected chi connectivity index (χ2v) is 7.74. The van der Waals surface area contributed by atoms with Crippen molar-refractivity contribution in [1.29, 1.82) is 0 Å². The number of nitrogens with two attached hydrogens (primary N) is 1. The summed E-state index contributed by atoms with van der Waals surface area (Å²) >= 11 is 24.3. The van der Waals surface area contributed by atoms with Crippen LogP contribution in [0.5, 0.6) is 0 Å². The lowest BCUT2D eigenvalue weighted by molar-refractivity contribution is -0.110. The second-order valence-electron chi connectivity index (χ2n) is 3.69. The number of hydrogen-bond acceptors (Lipinski definition) is 4. The van der Waals surface area contributed by atoms with E-state index in [2.05, 4.69) is 5.32 Å². The first-order valence-electron chi connectivity index (χ1n) is 5.01. The lowest BCUT2D eigenvalue weighted by Gasteiger charge is -2.25. The monoisotopic (exact) mass is 355 g/mol. The van der Waals surface area contributed by atoms with Gasteiger partial charge in [-0.25, -0.2) is 0 Å². The molecule has 2 aromatic rings. The molecule has 9 heteroatoms. The largest absolute Gasteiger partial charge is 0.399 e. The number of fused-ring (bicyclic) bond motifs is 1. The standard InChI is InChI=1S/C10H8Cl3N3OS2/c11-10(12,13)8(15-4-17)16-6-2-1-5(14)3-7(6)19-9(16)18/h1-4,8H,14H2,(H,15,17)/t8-/m1/s1. The van der Waals surface area contributed by atoms with Gasteiger partial charge in [-0.2, -0.15) is 0 Å². The number of nitrogen functional groups attached to an aromatic ring is 1. The van der Waals surface area contributed by atoms with Crippen LogP contribution in [-0.4, -0.2) is 14.8 Å². The lowest BCUT2D eigenvalue weighted by atomic mass is 10.3. The summed E-state index contributed by atoms with van der Waals surface area (Å²) in [6.07, 6.45) is -0.422. The van der Waals surface area contributed by atoms with Crippen molar-refractivity contribution in [3.63, 3.8) is 0 Å². The fourth-order valence-corrected chi connectivity index (χ4v) is 3.59. The molecule has 1 atom stereocenters. The summed E-state index contributed by atoms with van der Waals surface area (Å²) in [5.41, 5.74) is 7.08. The van der Waals surface area contributed by atoms with E-state index in [4.69, 9.17) is 52.8 Å². The fraction of sp³-hybridized carbons (Fsp3) is 0.200. The number of nitrogens with one attached hydrogen (secondary N) is 1. The molecule has 0 aliphatic rings. The number of anilines is 1. The van der Waals surface area contributed by atoms with Gasteiger partial charge in [0.15, 0.2) is 10.1 Å². The Balaban J connectivity index is 2.69. The molecule has 3 N–H and O–H groups in total. The minimum atomic E-state index is -1.73. The zero-order chi connectivity index (χ0) is 14.2. The van der Waals surface area contributed by atoms with Gasteiger partial charge < -0.3 is 11.1 Å². The normalized spacial score (nSPS) is 13.4. The molecule has 0 aliphatic carbocycles. The molecule has 0 fully saturated rings. The predicted octanol–water partition coefficient (Wildman–Crippen LogP) is 3.63. The number of benzene rings is 1. The highest BCUT2D eigenvalue weighted by atomic mass is 35.6. The number of hydrogen-bond donors (Lipinski definition) is 2. The number of rotatable bonds is 3. The van der Waals surface area contributed by atoms with Crippen molar-refractivity contribution >= 4 is 80.7 Å². The molecule has 0 spiro atoms. The van der Waals surface area contributed by atoms with Crippen molar-refractivity contribution in [2.24, 2.45) is 0 Å². The molecule has 0 saturated heterocycles. The molecular weight excluding hydrogens is 349 g/mol. The van der Waals surface area contributed by atoms with E-state index in [-0.39, 0.29) is 0 Å². The van der Waals surface area contributed by atoms with Gasteiger partial charge in [0.25, 0.3) is 0 Å². The minimum Gasteiger partial charge on any atom is -0.399 e. The highest BCUT2D eigenvalue weighted by Crippen LogP contribution is 2.39. The third-order valence-electron chi connectivity index (χ3n) is 2.43. The summed E-state index contributed by atoms with van der Waals surface area (Å²) in [6, 6.07) is 5.27. The lowest BCUT2D eigenvalue weighted by Crippen LogP contribution is -2.35. The molecule has 0 radical (unpaired) electrons. The average molecular weight is 357 g/mol. The Morgan fingerprint density at radius 2 is 2.16 bits per heavy atom. The van der Waals surface area contributed by atoms with Gasteiger partial charge in [-0.1, -0.05) is 34.8 Å². The molecule has 0 unspecified atom stereocenters. The van der Waals surface area contributed by atoms with Gasteiger partial charge in [0.1, 0.15) is 0 Å². The van der Waals surface area contributed by atoms with Gasteiger partial charge in [0.05, 0.1) is 10.2 Å². The van der Waals surface area contributed by atoms with Gasteiger partial charge in [-0.3, -0.25) is 9.36 Å². The van der Waals surface area contributed by atoms with Crippen LogP contribution in [0.15, 0.2) is 18.2 Å². The number of thiazole rings is 1. The third kappa shape index (κ3) is 2.98. The third-order valence-corrected chi connectivity index (χ3v) is 4.42. The van der Waals surface area contributed by atoms with E-state index in [0.717, 1.165) is 10.2 Å². The molecule has 1 aromatic heterocycles. The first-order chi connectivity index (χ1) is 8.84. The Bertz CT molecular complexity index is 677. The molecule has 4 nitrogen and oxygen atoms in total. The van der Waals surface area contributed by atoms with Crippen LogP contribution in [0, 0.1) is 3.95 Å². The van der Waals surface area contributed by atoms with Gasteiger partial charge in [0, 0.05) is 5.69 Å². The summed E-state index contributed by atoms with van der Waals surface area (Å²) < 4.78 is 1.20. The van der Waals surface area contributed by atoms with E-state index in [9.17, 15) is 4.79 Å². The van der Waals surface area contributed by atoms with Crippen molar-refractivity contribution in [3.8, 4) is 0 Å². The maximum absolute atomic E-state index is 10.7. The van der Waals surface area contributed by atoms with E-state index in [0.29, 0.717) is 16.1 Å². The van der Waals surface area contributed by atoms with Crippen LogP contribution in [0.3, 0.4) is 0 Å². The van der Waals surface area contributed by atoms with Crippen LogP contribution in [0.25, 0.3) is 10.2 Å². The Morgan fingerprint density at radius 1 is 1.47 bits per heavy atom. The van der Waals surface area contributed by atoms with Crippen molar-refractivity contribution in [1.82, 2.24) is 9.88 Å². The van der Waals surface area contributed by atoms with Crippen LogP contribution < -0.4 is 11.1 Å². The van der Waals surface area contributed by atoms with Crippen LogP contribution in [-0.2, 0) is 4.79 Å². The average Bonchev–Trinajstić information content (AvgIpc) is 2.59. The number of nitrogens with zero attached hydrogens (tertiary/aromatic N) is 1. The zero-order valence-electron chi connectivity index (χ0n) is 9.27. The van der Waals surface area contributed by atoms with E-state index in [1.54, 1.807) is 22.8 Å². The highest BCUT2D eigenvalue weighted by molar-refractivity contribution is 7.73. The van der Waals surface area contributed by atoms with Gasteiger partial charge in [-0.15, -0.1) is 11.3 Å². The Hall–Kier alpha value is -0.530. The Kier molecular flexibility index (Phi) is 4.27. The molecule has 0 bridgehead atoms. The quantitative estimate of drug-likeness (QED) is 0.382. The van der Waals surface area contributed by atoms with Crippen molar-refractivity contribution < 1.29 is 4.79 Å². The summed E-state index contributed by atoms with van der Waals surface area (Å²) in [5.74, 6) is 0. The smallest absolute Gasteiger partial charge is 0.229 e. The van der Waals surface area contributed by atoms with E-state index in [1.165, 1.54) is 11.3 Å². The summed E-state index contributed by atoms with van der Waals surface area (Å²) in [6.45, 7) is 0. The summed E-state index contributed by atoms with van der Waals surface area (Å²) in [4.78, 5) is 10.7. The highest BCUT2D eigenvalue weighted by Gasteiger charge is 2.35. The first-order valence-corrected chi connectivity index (χ1v) is 7.37. The Labute approximate surface area is 133 Å². The summed E-state index contributed by atoms with van der Waals surface area (Å²) in [7, 11) is 0. The van der Waals surface area contributed by atoms with Crippen molar-refractivity contribution in [2.75, 3.05) is 5.73 Å². The molecule has 1 aromatic carbocycles. The van der Waals surface area contributed by atoms with Crippen LogP contribution in [0.1, 0.15) is 6.17 Å². The molecule has 19 heavy (non-hydrogen) atoms. The topological polar surface area (TPSA) is 60.0 Å². The van der Waals surface area contributed by atoms with Crippen LogP contribution in [0.2, 0.25) is 0 Å². The molecule has 1 amide bonds. The van der Waals surface area contributed by atoms with Crippen molar-refractivity contribution in [2.45, 2.75) is 9.96 Å². The minimum absolute atomic E-state index is 0.467. The molecule has 2 rings (SSSR count). The van der Waals surface area contributed by atoms with Gasteiger partial charge in [0.2, 0.25) is 10.2 Å². The predicted molar refractivity (Wildman–Crippen MR) is 83.6 cm³/mol. The number of halogens is 3. The van der Waals surface area contributed by atoms with Crippen molar-refractivity contribution in [3.05, 3.63) is 22.2 Å². The van der Waals surface area contributed by atoms with E-state index >= 15 is 0 Å². The number of amides is 1. The van der Waals surface area contributed by atoms with E-state index < -0.39 is 9.96 Å². The number of carbonyl (C=O) groups excluding carboxylic acids is 1. The number of alkyl halides is 3. The molecule has 1 heterocycles. The maximum Gasteiger partial charge on any atom is 0.229 e. The number of aromatic nitrogens is 1. The fourth-order valence-electron chi connectivity index (χ4n) is 1.68. The van der Waals surface area contributed by atoms with Crippen LogP contribution in [0.4, 0.5) is 5.69 Å². The Morgan fingerprint density at radius 3 is 2.74 bits per heavy atom. The van der Waals surface area contributed by atoms with Gasteiger partial charge >= 0.3 is 0 Å². The SMILES string of the molecule is Nc1ccc2c(c1)sc(=S)n2[C@@H](NC=O)C(Cl)(Cl)Cl. The second kappa shape index (κ2) is 5.46. The zero-order valence-corrected chi connectivity index (χ0v) is 13.2. The molecule has 102 valence electrons.